The zero-order valence-electron chi connectivity index (χ0n) is 12.4. The van der Waals surface area contributed by atoms with E-state index in [9.17, 15) is 4.39 Å². The fourth-order valence-electron chi connectivity index (χ4n) is 2.63. The first-order chi connectivity index (χ1) is 10.1. The van der Waals surface area contributed by atoms with Crippen LogP contribution in [0.3, 0.4) is 0 Å². The van der Waals surface area contributed by atoms with Gasteiger partial charge in [-0.3, -0.25) is 4.68 Å². The SMILES string of the molecule is CCNC(c1cc2cc(F)ccc2o1)c1cc(C)nn1C. The zero-order chi connectivity index (χ0) is 15.0. The molecule has 0 aliphatic carbocycles. The number of rotatable bonds is 4. The number of hydrogen-bond acceptors (Lipinski definition) is 3. The number of hydrogen-bond donors (Lipinski definition) is 1. The average Bonchev–Trinajstić information content (AvgIpc) is 2.98. The van der Waals surface area contributed by atoms with Crippen molar-refractivity contribution < 1.29 is 8.81 Å². The van der Waals surface area contributed by atoms with E-state index in [2.05, 4.69) is 10.4 Å². The first-order valence-electron chi connectivity index (χ1n) is 7.01. The molecule has 3 aromatic rings. The molecule has 1 N–H and O–H groups in total. The third-order valence-corrected chi connectivity index (χ3v) is 3.52. The van der Waals surface area contributed by atoms with Crippen molar-refractivity contribution in [3.63, 3.8) is 0 Å². The Hall–Kier alpha value is -2.14. The Bertz CT molecular complexity index is 775. The number of nitrogens with one attached hydrogen (secondary N) is 1. The minimum atomic E-state index is -0.258. The van der Waals surface area contributed by atoms with Gasteiger partial charge in [-0.15, -0.1) is 0 Å². The van der Waals surface area contributed by atoms with Crippen molar-refractivity contribution in [2.45, 2.75) is 19.9 Å². The van der Waals surface area contributed by atoms with Gasteiger partial charge in [0.25, 0.3) is 0 Å². The average molecular weight is 287 g/mol. The summed E-state index contributed by atoms with van der Waals surface area (Å²) in [7, 11) is 1.91. The van der Waals surface area contributed by atoms with Crippen LogP contribution in [-0.2, 0) is 7.05 Å². The molecule has 3 rings (SSSR count). The van der Waals surface area contributed by atoms with Gasteiger partial charge in [-0.05, 0) is 43.8 Å². The number of halogens is 1. The third kappa shape index (κ3) is 2.56. The topological polar surface area (TPSA) is 43.0 Å². The fourth-order valence-corrected chi connectivity index (χ4v) is 2.63. The molecule has 0 aliphatic rings. The molecular weight excluding hydrogens is 269 g/mol. The lowest BCUT2D eigenvalue weighted by molar-refractivity contribution is 0.458. The van der Waals surface area contributed by atoms with E-state index >= 15 is 0 Å². The van der Waals surface area contributed by atoms with Crippen LogP contribution >= 0.6 is 0 Å². The number of furan rings is 1. The minimum Gasteiger partial charge on any atom is -0.459 e. The van der Waals surface area contributed by atoms with Crippen molar-refractivity contribution >= 4 is 11.0 Å². The lowest BCUT2D eigenvalue weighted by Gasteiger charge is -2.15. The maximum atomic E-state index is 13.3. The Morgan fingerprint density at radius 2 is 2.14 bits per heavy atom. The quantitative estimate of drug-likeness (QED) is 0.800. The predicted molar refractivity (Wildman–Crippen MR) is 79.6 cm³/mol. The molecule has 2 heterocycles. The molecule has 5 heteroatoms. The summed E-state index contributed by atoms with van der Waals surface area (Å²) < 4.78 is 21.0. The number of nitrogens with zero attached hydrogens (tertiary/aromatic N) is 2. The summed E-state index contributed by atoms with van der Waals surface area (Å²) in [4.78, 5) is 0. The van der Waals surface area contributed by atoms with Crippen LogP contribution in [0.4, 0.5) is 4.39 Å². The Kier molecular flexibility index (Phi) is 3.51. The highest BCUT2D eigenvalue weighted by molar-refractivity contribution is 5.78. The molecule has 1 unspecified atom stereocenters. The highest BCUT2D eigenvalue weighted by Crippen LogP contribution is 2.28. The van der Waals surface area contributed by atoms with E-state index in [1.165, 1.54) is 12.1 Å². The van der Waals surface area contributed by atoms with Gasteiger partial charge in [-0.25, -0.2) is 4.39 Å². The number of benzene rings is 1. The van der Waals surface area contributed by atoms with E-state index < -0.39 is 0 Å². The van der Waals surface area contributed by atoms with Gasteiger partial charge in [0.15, 0.2) is 0 Å². The smallest absolute Gasteiger partial charge is 0.134 e. The van der Waals surface area contributed by atoms with Crippen LogP contribution in [0, 0.1) is 12.7 Å². The van der Waals surface area contributed by atoms with Crippen molar-refractivity contribution in [2.75, 3.05) is 6.54 Å². The number of aryl methyl sites for hydroxylation is 2. The van der Waals surface area contributed by atoms with Crippen LogP contribution in [0.5, 0.6) is 0 Å². The van der Waals surface area contributed by atoms with Crippen molar-refractivity contribution in [3.8, 4) is 0 Å². The van der Waals surface area contributed by atoms with E-state index in [1.807, 2.05) is 37.7 Å². The first kappa shape index (κ1) is 13.8. The summed E-state index contributed by atoms with van der Waals surface area (Å²) in [6.07, 6.45) is 0. The van der Waals surface area contributed by atoms with Gasteiger partial charge in [0.2, 0.25) is 0 Å². The highest BCUT2D eigenvalue weighted by Gasteiger charge is 2.21. The van der Waals surface area contributed by atoms with Crippen molar-refractivity contribution in [2.24, 2.45) is 7.05 Å². The van der Waals surface area contributed by atoms with Crippen molar-refractivity contribution in [3.05, 3.63) is 53.3 Å². The molecule has 4 nitrogen and oxygen atoms in total. The van der Waals surface area contributed by atoms with E-state index in [0.29, 0.717) is 5.58 Å². The van der Waals surface area contributed by atoms with Crippen molar-refractivity contribution in [1.82, 2.24) is 15.1 Å². The van der Waals surface area contributed by atoms with E-state index in [-0.39, 0.29) is 11.9 Å². The third-order valence-electron chi connectivity index (χ3n) is 3.52. The second kappa shape index (κ2) is 5.33. The monoisotopic (exact) mass is 287 g/mol. The Morgan fingerprint density at radius 3 is 2.81 bits per heavy atom. The van der Waals surface area contributed by atoms with Crippen LogP contribution < -0.4 is 5.32 Å². The van der Waals surface area contributed by atoms with Crippen LogP contribution in [0.1, 0.15) is 30.1 Å². The molecule has 0 radical (unpaired) electrons. The largest absolute Gasteiger partial charge is 0.459 e. The predicted octanol–water partition coefficient (Wildman–Crippen LogP) is 3.31. The van der Waals surface area contributed by atoms with Gasteiger partial charge >= 0.3 is 0 Å². The molecular formula is C16H18FN3O. The molecule has 1 aromatic carbocycles. The molecule has 0 saturated heterocycles. The van der Waals surface area contributed by atoms with Gasteiger partial charge in [-0.2, -0.15) is 5.10 Å². The molecule has 0 fully saturated rings. The molecule has 2 aromatic heterocycles. The summed E-state index contributed by atoms with van der Waals surface area (Å²) in [5, 5.41) is 8.55. The van der Waals surface area contributed by atoms with E-state index in [1.54, 1.807) is 6.07 Å². The molecule has 0 saturated carbocycles. The standard InChI is InChI=1S/C16H18FN3O/c1-4-18-16(13-7-10(2)19-20(13)3)15-9-11-8-12(17)5-6-14(11)21-15/h5-9,16,18H,4H2,1-3H3. The summed E-state index contributed by atoms with van der Waals surface area (Å²) in [6.45, 7) is 4.79. The lowest BCUT2D eigenvalue weighted by atomic mass is 10.1. The highest BCUT2D eigenvalue weighted by atomic mass is 19.1. The summed E-state index contributed by atoms with van der Waals surface area (Å²) in [6, 6.07) is 8.36. The molecule has 21 heavy (non-hydrogen) atoms. The van der Waals surface area contributed by atoms with E-state index in [0.717, 1.165) is 29.1 Å². The number of fused-ring (bicyclic) bond motifs is 1. The molecule has 0 aliphatic heterocycles. The summed E-state index contributed by atoms with van der Waals surface area (Å²) in [5.74, 6) is 0.506. The van der Waals surface area contributed by atoms with Crippen LogP contribution in [0.25, 0.3) is 11.0 Å². The molecule has 0 spiro atoms. The van der Waals surface area contributed by atoms with Gasteiger partial charge in [0.1, 0.15) is 23.2 Å². The van der Waals surface area contributed by atoms with Gasteiger partial charge in [0, 0.05) is 12.4 Å². The summed E-state index contributed by atoms with van der Waals surface area (Å²) >= 11 is 0. The molecule has 0 bridgehead atoms. The normalized spacial score (nSPS) is 13.0. The van der Waals surface area contributed by atoms with Gasteiger partial charge in [0.05, 0.1) is 11.4 Å². The minimum absolute atomic E-state index is 0.100. The van der Waals surface area contributed by atoms with Crippen molar-refractivity contribution in [1.29, 1.82) is 0 Å². The maximum absolute atomic E-state index is 13.3. The number of aromatic nitrogens is 2. The molecule has 110 valence electrons. The maximum Gasteiger partial charge on any atom is 0.134 e. The van der Waals surface area contributed by atoms with Gasteiger partial charge in [-0.1, -0.05) is 6.92 Å². The lowest BCUT2D eigenvalue weighted by Crippen LogP contribution is -2.23. The Morgan fingerprint density at radius 1 is 1.33 bits per heavy atom. The fraction of sp³-hybridized carbons (Fsp3) is 0.312. The van der Waals surface area contributed by atoms with Crippen LogP contribution in [-0.4, -0.2) is 16.3 Å². The first-order valence-corrected chi connectivity index (χ1v) is 7.01. The van der Waals surface area contributed by atoms with Gasteiger partial charge < -0.3 is 9.73 Å². The Balaban J connectivity index is 2.08. The second-order valence-electron chi connectivity index (χ2n) is 5.16. The second-order valence-corrected chi connectivity index (χ2v) is 5.16. The summed E-state index contributed by atoms with van der Waals surface area (Å²) in [5.41, 5.74) is 2.67. The molecule has 1 atom stereocenters. The van der Waals surface area contributed by atoms with E-state index in [4.69, 9.17) is 4.42 Å². The molecule has 0 amide bonds. The van der Waals surface area contributed by atoms with Crippen LogP contribution in [0.15, 0.2) is 34.7 Å². The Labute approximate surface area is 122 Å². The zero-order valence-corrected chi connectivity index (χ0v) is 12.4. The van der Waals surface area contributed by atoms with Crippen LogP contribution in [0.2, 0.25) is 0 Å².